The average Bonchev–Trinajstić information content (AvgIpc) is 2.72. The van der Waals surface area contributed by atoms with Crippen molar-refractivity contribution in [1.82, 2.24) is 0 Å². The lowest BCUT2D eigenvalue weighted by molar-refractivity contribution is -0.230. The highest BCUT2D eigenvalue weighted by atomic mass is 16.6. The Morgan fingerprint density at radius 2 is 1.69 bits per heavy atom. The number of ether oxygens (including phenoxy) is 2. The lowest BCUT2D eigenvalue weighted by Gasteiger charge is -2.67. The van der Waals surface area contributed by atoms with E-state index in [1.807, 2.05) is 13.0 Å². The third-order valence-corrected chi connectivity index (χ3v) is 9.65. The molecule has 4 aliphatic rings. The van der Waals surface area contributed by atoms with Gasteiger partial charge in [-0.2, -0.15) is 0 Å². The van der Waals surface area contributed by atoms with Gasteiger partial charge in [0.05, 0.1) is 17.4 Å². The van der Waals surface area contributed by atoms with Crippen LogP contribution in [0.2, 0.25) is 0 Å². The molecule has 0 unspecified atom stereocenters. The summed E-state index contributed by atoms with van der Waals surface area (Å²) in [6.45, 7) is 6.44. The van der Waals surface area contributed by atoms with Crippen molar-refractivity contribution >= 4 is 17.9 Å². The van der Waals surface area contributed by atoms with Gasteiger partial charge in [-0.05, 0) is 93.6 Å². The van der Waals surface area contributed by atoms with Crippen LogP contribution in [-0.2, 0) is 19.1 Å². The molecule has 1 heterocycles. The van der Waals surface area contributed by atoms with Crippen LogP contribution in [0, 0.1) is 28.1 Å². The minimum absolute atomic E-state index is 0.0183. The molecule has 1 aromatic rings. The maximum atomic E-state index is 13.5. The van der Waals surface area contributed by atoms with E-state index >= 15 is 0 Å². The highest BCUT2D eigenvalue weighted by Gasteiger charge is 2.67. The highest BCUT2D eigenvalue weighted by molar-refractivity contribution is 5.98. The summed E-state index contributed by atoms with van der Waals surface area (Å²) in [5, 5.41) is 0. The standard InChI is InChI=1S/C27H34O5/c1-24-14-10-20-25(2)12-7-13-26(3,23(30)31-22(29)18-8-5-4-6-9-18)19(25)11-15-27(20,17-24)16-21(28)32-24/h4-6,8-9,19-20H,7,10-17H2,1-3H3/t19-,20-,24-,25+,26+,27-/m0/s1. The van der Waals surface area contributed by atoms with Crippen LogP contribution in [0.15, 0.2) is 30.3 Å². The maximum absolute atomic E-state index is 13.5. The van der Waals surface area contributed by atoms with Crippen LogP contribution in [-0.4, -0.2) is 23.5 Å². The van der Waals surface area contributed by atoms with Crippen molar-refractivity contribution in [3.63, 3.8) is 0 Å². The SMILES string of the molecule is C[C@@]12CC[C@@H]3[C@@](CC[C@H]4[C@@]3(C)CCC[C@@]4(C)C(=O)OC(=O)c3ccccc3)(CC(=O)O1)C2. The summed E-state index contributed by atoms with van der Waals surface area (Å²) in [6, 6.07) is 8.73. The van der Waals surface area contributed by atoms with E-state index in [9.17, 15) is 14.4 Å². The minimum Gasteiger partial charge on any atom is -0.459 e. The zero-order valence-electron chi connectivity index (χ0n) is 19.4. The second kappa shape index (κ2) is 7.16. The number of hydrogen-bond donors (Lipinski definition) is 0. The third-order valence-electron chi connectivity index (χ3n) is 9.65. The molecule has 3 saturated carbocycles. The molecule has 1 aromatic carbocycles. The lowest BCUT2D eigenvalue weighted by Crippen LogP contribution is -2.63. The van der Waals surface area contributed by atoms with Gasteiger partial charge in [-0.15, -0.1) is 0 Å². The number of carbonyl (C=O) groups is 3. The maximum Gasteiger partial charge on any atom is 0.345 e. The van der Waals surface area contributed by atoms with E-state index in [0.717, 1.165) is 51.4 Å². The van der Waals surface area contributed by atoms with Gasteiger partial charge in [0.2, 0.25) is 0 Å². The molecular formula is C27H34O5. The quantitative estimate of drug-likeness (QED) is 0.452. The normalized spacial score (nSPS) is 42.8. The first-order valence-corrected chi connectivity index (χ1v) is 12.1. The van der Waals surface area contributed by atoms with Gasteiger partial charge in [0.1, 0.15) is 5.60 Å². The molecule has 0 amide bonds. The number of esters is 3. The first-order valence-electron chi connectivity index (χ1n) is 12.1. The second-order valence-electron chi connectivity index (χ2n) is 11.6. The Kier molecular flexibility index (Phi) is 4.85. The largest absolute Gasteiger partial charge is 0.459 e. The van der Waals surface area contributed by atoms with Crippen molar-refractivity contribution in [2.24, 2.45) is 28.1 Å². The molecule has 32 heavy (non-hydrogen) atoms. The first kappa shape index (κ1) is 21.7. The van der Waals surface area contributed by atoms with E-state index in [1.165, 1.54) is 0 Å². The molecule has 2 bridgehead atoms. The topological polar surface area (TPSA) is 69.7 Å². The molecule has 5 rings (SSSR count). The number of hydrogen-bond acceptors (Lipinski definition) is 5. The summed E-state index contributed by atoms with van der Waals surface area (Å²) in [5.41, 5.74) is -0.685. The van der Waals surface area contributed by atoms with Crippen LogP contribution in [0.3, 0.4) is 0 Å². The van der Waals surface area contributed by atoms with E-state index in [-0.39, 0.29) is 34.3 Å². The van der Waals surface area contributed by atoms with Gasteiger partial charge in [0.15, 0.2) is 0 Å². The van der Waals surface area contributed by atoms with Gasteiger partial charge in [-0.1, -0.05) is 31.5 Å². The van der Waals surface area contributed by atoms with Gasteiger partial charge in [0.25, 0.3) is 0 Å². The van der Waals surface area contributed by atoms with Crippen LogP contribution in [0.25, 0.3) is 0 Å². The Labute approximate surface area is 190 Å². The number of rotatable bonds is 2. The number of fused-ring (bicyclic) bond motifs is 3. The second-order valence-corrected chi connectivity index (χ2v) is 11.6. The molecule has 3 aliphatic carbocycles. The van der Waals surface area contributed by atoms with Gasteiger partial charge in [-0.3, -0.25) is 9.59 Å². The van der Waals surface area contributed by atoms with Crippen molar-refractivity contribution in [1.29, 1.82) is 0 Å². The summed E-state index contributed by atoms with van der Waals surface area (Å²) in [7, 11) is 0. The van der Waals surface area contributed by atoms with Crippen molar-refractivity contribution < 1.29 is 23.9 Å². The van der Waals surface area contributed by atoms with E-state index in [0.29, 0.717) is 17.9 Å². The smallest absolute Gasteiger partial charge is 0.345 e. The van der Waals surface area contributed by atoms with Gasteiger partial charge in [-0.25, -0.2) is 4.79 Å². The predicted molar refractivity (Wildman–Crippen MR) is 119 cm³/mol. The molecule has 6 atom stereocenters. The Balaban J connectivity index is 1.43. The molecule has 5 heteroatoms. The summed E-state index contributed by atoms with van der Waals surface area (Å²) in [4.78, 5) is 38.6. The summed E-state index contributed by atoms with van der Waals surface area (Å²) < 4.78 is 11.2. The number of carbonyl (C=O) groups excluding carboxylic acids is 3. The van der Waals surface area contributed by atoms with E-state index < -0.39 is 11.4 Å². The van der Waals surface area contributed by atoms with Crippen molar-refractivity contribution in [3.05, 3.63) is 35.9 Å². The lowest BCUT2D eigenvalue weighted by atomic mass is 9.39. The fourth-order valence-electron chi connectivity index (χ4n) is 8.45. The summed E-state index contributed by atoms with van der Waals surface area (Å²) >= 11 is 0. The summed E-state index contributed by atoms with van der Waals surface area (Å²) in [6.07, 6.45) is 7.94. The Bertz CT molecular complexity index is 956. The molecule has 172 valence electrons. The van der Waals surface area contributed by atoms with Crippen molar-refractivity contribution in [2.75, 3.05) is 0 Å². The van der Waals surface area contributed by atoms with Crippen LogP contribution >= 0.6 is 0 Å². The molecule has 0 aromatic heterocycles. The Hall–Kier alpha value is -2.17. The highest BCUT2D eigenvalue weighted by Crippen LogP contribution is 2.70. The zero-order chi connectivity index (χ0) is 22.8. The van der Waals surface area contributed by atoms with E-state index in [1.54, 1.807) is 24.3 Å². The molecule has 1 aliphatic heterocycles. The first-order chi connectivity index (χ1) is 15.1. The van der Waals surface area contributed by atoms with Gasteiger partial charge >= 0.3 is 17.9 Å². The predicted octanol–water partition coefficient (Wildman–Crippen LogP) is 5.47. The summed E-state index contributed by atoms with van der Waals surface area (Å²) in [5.74, 6) is -0.469. The monoisotopic (exact) mass is 438 g/mol. The zero-order valence-corrected chi connectivity index (χ0v) is 19.4. The van der Waals surface area contributed by atoms with Crippen molar-refractivity contribution in [2.45, 2.75) is 84.2 Å². The molecule has 1 spiro atoms. The van der Waals surface area contributed by atoms with E-state index in [4.69, 9.17) is 9.47 Å². The molecule has 0 N–H and O–H groups in total. The van der Waals surface area contributed by atoms with Crippen LogP contribution in [0.5, 0.6) is 0 Å². The van der Waals surface area contributed by atoms with Crippen molar-refractivity contribution in [3.8, 4) is 0 Å². The molecule has 4 fully saturated rings. The fraction of sp³-hybridized carbons (Fsp3) is 0.667. The average molecular weight is 439 g/mol. The van der Waals surface area contributed by atoms with Crippen LogP contribution in [0.1, 0.15) is 88.9 Å². The third kappa shape index (κ3) is 3.14. The Morgan fingerprint density at radius 3 is 2.44 bits per heavy atom. The molecule has 5 nitrogen and oxygen atoms in total. The number of benzene rings is 1. The van der Waals surface area contributed by atoms with Crippen LogP contribution in [0.4, 0.5) is 0 Å². The van der Waals surface area contributed by atoms with Gasteiger partial charge < -0.3 is 9.47 Å². The molecular weight excluding hydrogens is 404 g/mol. The fourth-order valence-corrected chi connectivity index (χ4v) is 8.45. The molecule has 1 saturated heterocycles. The van der Waals surface area contributed by atoms with E-state index in [2.05, 4.69) is 13.8 Å². The van der Waals surface area contributed by atoms with Gasteiger partial charge in [0, 0.05) is 0 Å². The molecule has 0 radical (unpaired) electrons. The Morgan fingerprint density at radius 1 is 0.969 bits per heavy atom. The minimum atomic E-state index is -0.686. The van der Waals surface area contributed by atoms with Crippen LogP contribution < -0.4 is 0 Å².